The minimum Gasteiger partial charge on any atom is -0.468 e. The van der Waals surface area contributed by atoms with Crippen LogP contribution in [0.3, 0.4) is 0 Å². The predicted octanol–water partition coefficient (Wildman–Crippen LogP) is 0.177. The zero-order chi connectivity index (χ0) is 13.5. The number of carbonyl (C=O) groups excluding carboxylic acids is 1. The van der Waals surface area contributed by atoms with Crippen molar-refractivity contribution in [3.63, 3.8) is 0 Å². The molecular formula is C11H17N3O4. The summed E-state index contributed by atoms with van der Waals surface area (Å²) in [5, 5.41) is 0. The first-order chi connectivity index (χ1) is 8.58. The lowest BCUT2D eigenvalue weighted by Crippen LogP contribution is -2.23. The van der Waals surface area contributed by atoms with Crippen LogP contribution < -0.4 is 16.0 Å². The fourth-order valence-electron chi connectivity index (χ4n) is 1.48. The fourth-order valence-corrected chi connectivity index (χ4v) is 1.48. The first-order valence-corrected chi connectivity index (χ1v) is 5.65. The van der Waals surface area contributed by atoms with Gasteiger partial charge in [0, 0.05) is 19.0 Å². The molecule has 0 aliphatic rings. The summed E-state index contributed by atoms with van der Waals surface area (Å²) in [6.07, 6.45) is 0.717. The van der Waals surface area contributed by atoms with E-state index in [9.17, 15) is 9.59 Å². The van der Waals surface area contributed by atoms with Crippen LogP contribution >= 0.6 is 0 Å². The summed E-state index contributed by atoms with van der Waals surface area (Å²) in [5.41, 5.74) is 5.14. The zero-order valence-electron chi connectivity index (χ0n) is 10.5. The van der Waals surface area contributed by atoms with Gasteiger partial charge in [0.25, 0.3) is 5.56 Å². The molecule has 18 heavy (non-hydrogen) atoms. The number of nitrogens with zero attached hydrogens (tertiary/aromatic N) is 2. The van der Waals surface area contributed by atoms with Crippen LogP contribution in [0.5, 0.6) is 6.01 Å². The molecule has 0 radical (unpaired) electrons. The monoisotopic (exact) mass is 255 g/mol. The molecule has 1 heterocycles. The van der Waals surface area contributed by atoms with Crippen LogP contribution in [0.25, 0.3) is 0 Å². The number of carbonyl (C=O) groups is 1. The number of nitrogen functional groups attached to an aromatic ring is 1. The van der Waals surface area contributed by atoms with Gasteiger partial charge in [-0.15, -0.1) is 0 Å². The quantitative estimate of drug-likeness (QED) is 0.728. The third kappa shape index (κ3) is 3.76. The largest absolute Gasteiger partial charge is 0.468 e. The molecule has 0 amide bonds. The highest BCUT2D eigenvalue weighted by molar-refractivity contribution is 5.69. The van der Waals surface area contributed by atoms with Gasteiger partial charge >= 0.3 is 12.0 Å². The lowest BCUT2D eigenvalue weighted by molar-refractivity contribution is -0.143. The molecule has 0 aliphatic heterocycles. The number of aromatic nitrogens is 2. The molecule has 0 aromatic carbocycles. The number of nitrogens with two attached hydrogens (primary N) is 1. The van der Waals surface area contributed by atoms with E-state index in [1.165, 1.54) is 17.7 Å². The fraction of sp³-hybridized carbons (Fsp3) is 0.545. The van der Waals surface area contributed by atoms with Crippen LogP contribution in [0.4, 0.5) is 5.82 Å². The first-order valence-electron chi connectivity index (χ1n) is 5.65. The van der Waals surface area contributed by atoms with Crippen molar-refractivity contribution in [2.45, 2.75) is 26.3 Å². The van der Waals surface area contributed by atoms with Crippen LogP contribution in [0.15, 0.2) is 10.9 Å². The Morgan fingerprint density at radius 3 is 2.89 bits per heavy atom. The molecule has 0 saturated heterocycles. The Kier molecular flexibility index (Phi) is 5.16. The second-order valence-corrected chi connectivity index (χ2v) is 3.57. The third-order valence-corrected chi connectivity index (χ3v) is 2.24. The van der Waals surface area contributed by atoms with Gasteiger partial charge in [-0.2, -0.15) is 4.98 Å². The van der Waals surface area contributed by atoms with Crippen molar-refractivity contribution < 1.29 is 14.3 Å². The van der Waals surface area contributed by atoms with E-state index in [-0.39, 0.29) is 29.8 Å². The molecule has 2 N–H and O–H groups in total. The Morgan fingerprint density at radius 1 is 1.56 bits per heavy atom. The van der Waals surface area contributed by atoms with Gasteiger partial charge in [0.1, 0.15) is 5.82 Å². The van der Waals surface area contributed by atoms with Crippen molar-refractivity contribution in [1.29, 1.82) is 0 Å². The van der Waals surface area contributed by atoms with Crippen LogP contribution in [-0.2, 0) is 16.1 Å². The van der Waals surface area contributed by atoms with Crippen LogP contribution in [0.2, 0.25) is 0 Å². The van der Waals surface area contributed by atoms with Gasteiger partial charge < -0.3 is 15.2 Å². The molecule has 0 fully saturated rings. The Hall–Kier alpha value is -2.05. The number of hydrogen-bond donors (Lipinski definition) is 1. The highest BCUT2D eigenvalue weighted by atomic mass is 16.5. The normalized spacial score (nSPS) is 10.1. The van der Waals surface area contributed by atoms with Gasteiger partial charge in [0.2, 0.25) is 0 Å². The van der Waals surface area contributed by atoms with Crippen LogP contribution in [0, 0.1) is 0 Å². The average Bonchev–Trinajstić information content (AvgIpc) is 2.31. The third-order valence-electron chi connectivity index (χ3n) is 2.24. The molecule has 7 heteroatoms. The maximum Gasteiger partial charge on any atom is 0.305 e. The lowest BCUT2D eigenvalue weighted by Gasteiger charge is -2.10. The van der Waals surface area contributed by atoms with Gasteiger partial charge in [0.15, 0.2) is 0 Å². The second kappa shape index (κ2) is 6.63. The van der Waals surface area contributed by atoms with Crippen molar-refractivity contribution in [1.82, 2.24) is 9.55 Å². The van der Waals surface area contributed by atoms with Gasteiger partial charge in [-0.1, -0.05) is 0 Å². The van der Waals surface area contributed by atoms with Gasteiger partial charge in [-0.05, 0) is 13.3 Å². The van der Waals surface area contributed by atoms with Gasteiger partial charge in [-0.25, -0.2) is 0 Å². The molecule has 0 spiro atoms. The molecule has 0 saturated carbocycles. The SMILES string of the molecule is CCOC(=O)CCCn1c(OC)nc(N)cc1=O. The average molecular weight is 255 g/mol. The van der Waals surface area contributed by atoms with E-state index in [0.29, 0.717) is 19.6 Å². The summed E-state index contributed by atoms with van der Waals surface area (Å²) in [7, 11) is 1.41. The maximum absolute atomic E-state index is 11.7. The topological polar surface area (TPSA) is 96.4 Å². The van der Waals surface area contributed by atoms with Crippen LogP contribution in [0.1, 0.15) is 19.8 Å². The van der Waals surface area contributed by atoms with Crippen molar-refractivity contribution in [2.24, 2.45) is 0 Å². The van der Waals surface area contributed by atoms with Crippen molar-refractivity contribution in [3.05, 3.63) is 16.4 Å². The molecule has 7 nitrogen and oxygen atoms in total. The number of ether oxygens (including phenoxy) is 2. The number of rotatable bonds is 6. The summed E-state index contributed by atoms with van der Waals surface area (Å²) >= 11 is 0. The molecule has 100 valence electrons. The lowest BCUT2D eigenvalue weighted by atomic mass is 10.3. The highest BCUT2D eigenvalue weighted by Crippen LogP contribution is 2.07. The van der Waals surface area contributed by atoms with Crippen molar-refractivity contribution in [2.75, 3.05) is 19.5 Å². The molecule has 1 aromatic rings. The predicted molar refractivity (Wildman–Crippen MR) is 65.3 cm³/mol. The number of methoxy groups -OCH3 is 1. The molecule has 1 rings (SSSR count). The van der Waals surface area contributed by atoms with E-state index in [1.54, 1.807) is 6.92 Å². The van der Waals surface area contributed by atoms with E-state index in [0.717, 1.165) is 0 Å². The molecule has 0 atom stereocenters. The van der Waals surface area contributed by atoms with Gasteiger partial charge in [-0.3, -0.25) is 14.2 Å². The summed E-state index contributed by atoms with van der Waals surface area (Å²) < 4.78 is 11.1. The van der Waals surface area contributed by atoms with E-state index >= 15 is 0 Å². The van der Waals surface area contributed by atoms with Crippen molar-refractivity contribution in [3.8, 4) is 6.01 Å². The Morgan fingerprint density at radius 2 is 2.28 bits per heavy atom. The van der Waals surface area contributed by atoms with E-state index < -0.39 is 0 Å². The van der Waals surface area contributed by atoms with E-state index in [4.69, 9.17) is 15.2 Å². The number of esters is 1. The molecular weight excluding hydrogens is 238 g/mol. The maximum atomic E-state index is 11.7. The molecule has 1 aromatic heterocycles. The van der Waals surface area contributed by atoms with Gasteiger partial charge in [0.05, 0.1) is 13.7 Å². The number of anilines is 1. The van der Waals surface area contributed by atoms with Crippen molar-refractivity contribution >= 4 is 11.8 Å². The molecule has 0 aliphatic carbocycles. The second-order valence-electron chi connectivity index (χ2n) is 3.57. The van der Waals surface area contributed by atoms with E-state index in [1.807, 2.05) is 0 Å². The van der Waals surface area contributed by atoms with E-state index in [2.05, 4.69) is 4.98 Å². The Labute approximate surface area is 105 Å². The summed E-state index contributed by atoms with van der Waals surface area (Å²) in [5.74, 6) is -0.175. The minimum atomic E-state index is -0.303. The van der Waals surface area contributed by atoms with Crippen LogP contribution in [-0.4, -0.2) is 29.2 Å². The number of hydrogen-bond acceptors (Lipinski definition) is 6. The summed E-state index contributed by atoms with van der Waals surface area (Å²) in [6, 6.07) is 1.36. The highest BCUT2D eigenvalue weighted by Gasteiger charge is 2.09. The summed E-state index contributed by atoms with van der Waals surface area (Å²) in [4.78, 5) is 26.7. The Balaban J connectivity index is 2.67. The standard InChI is InChI=1S/C11H17N3O4/c1-3-18-10(16)5-4-6-14-9(15)7-8(12)13-11(14)17-2/h7H,3-6,12H2,1-2H3. The zero-order valence-corrected chi connectivity index (χ0v) is 10.5. The first kappa shape index (κ1) is 14.0. The smallest absolute Gasteiger partial charge is 0.305 e. The summed E-state index contributed by atoms with van der Waals surface area (Å²) in [6.45, 7) is 2.43. The molecule has 0 unspecified atom stereocenters. The minimum absolute atomic E-state index is 0.110. The molecule has 0 bridgehead atoms. The Bertz CT molecular complexity index is 470.